The first kappa shape index (κ1) is 17.9. The molecule has 3 rings (SSSR count). The van der Waals surface area contributed by atoms with Gasteiger partial charge in [0.05, 0.1) is 12.0 Å². The molecule has 6 nitrogen and oxygen atoms in total. The quantitative estimate of drug-likeness (QED) is 0.778. The van der Waals surface area contributed by atoms with E-state index in [1.54, 1.807) is 13.1 Å². The van der Waals surface area contributed by atoms with Crippen molar-refractivity contribution in [3.8, 4) is 0 Å². The molecule has 0 aliphatic carbocycles. The van der Waals surface area contributed by atoms with Gasteiger partial charge in [0.2, 0.25) is 5.91 Å². The minimum atomic E-state index is -0.550. The number of aromatic nitrogens is 1. The van der Waals surface area contributed by atoms with Crippen LogP contribution in [-0.4, -0.2) is 59.4 Å². The van der Waals surface area contributed by atoms with Crippen molar-refractivity contribution in [3.63, 3.8) is 0 Å². The summed E-state index contributed by atoms with van der Waals surface area (Å²) in [5, 5.41) is 0. The third-order valence-electron chi connectivity index (χ3n) is 5.53. The van der Waals surface area contributed by atoms with Gasteiger partial charge in [0, 0.05) is 51.4 Å². The molecule has 1 aromatic heterocycles. The van der Waals surface area contributed by atoms with E-state index in [1.165, 1.54) is 5.56 Å². The predicted molar refractivity (Wildman–Crippen MR) is 93.6 cm³/mol. The fraction of sp³-hybridized carbons (Fsp3) is 0.632. The molecule has 6 heteroatoms. The highest BCUT2D eigenvalue weighted by Crippen LogP contribution is 2.44. The predicted octanol–water partition coefficient (Wildman–Crippen LogP) is 1.71. The standard InChI is InChI=1S/C19H27N3O3/c1-3-25-18(24)19-7-5-9-21(11-16-6-4-8-20-10-16)12-17(19)13-22(14-19)15(2)23/h4,6,8,10,17H,3,5,7,9,11-14H2,1-2H3/t17-,19-/m1/s1. The number of nitrogens with zero attached hydrogens (tertiary/aromatic N) is 3. The van der Waals surface area contributed by atoms with Crippen LogP contribution >= 0.6 is 0 Å². The fourth-order valence-electron chi connectivity index (χ4n) is 4.25. The molecule has 136 valence electrons. The zero-order valence-corrected chi connectivity index (χ0v) is 15.1. The highest BCUT2D eigenvalue weighted by Gasteiger charge is 2.54. The number of ether oxygens (including phenoxy) is 1. The Morgan fingerprint density at radius 2 is 2.24 bits per heavy atom. The van der Waals surface area contributed by atoms with Crippen molar-refractivity contribution in [2.24, 2.45) is 11.3 Å². The lowest BCUT2D eigenvalue weighted by atomic mass is 9.75. The van der Waals surface area contributed by atoms with Gasteiger partial charge in [-0.05, 0) is 37.9 Å². The maximum Gasteiger partial charge on any atom is 0.314 e. The Hall–Kier alpha value is -1.95. The van der Waals surface area contributed by atoms with Gasteiger partial charge in [0.1, 0.15) is 0 Å². The van der Waals surface area contributed by atoms with Gasteiger partial charge in [0.15, 0.2) is 0 Å². The van der Waals surface area contributed by atoms with E-state index < -0.39 is 5.41 Å². The molecule has 0 N–H and O–H groups in total. The van der Waals surface area contributed by atoms with Gasteiger partial charge in [-0.15, -0.1) is 0 Å². The fourth-order valence-corrected chi connectivity index (χ4v) is 4.25. The normalized spacial score (nSPS) is 26.8. The molecule has 0 aromatic carbocycles. The van der Waals surface area contributed by atoms with Crippen molar-refractivity contribution in [1.82, 2.24) is 14.8 Å². The molecule has 3 heterocycles. The summed E-state index contributed by atoms with van der Waals surface area (Å²) in [4.78, 5) is 33.1. The Morgan fingerprint density at radius 3 is 2.92 bits per heavy atom. The maximum absolute atomic E-state index is 12.8. The van der Waals surface area contributed by atoms with Gasteiger partial charge in [0.25, 0.3) is 0 Å². The van der Waals surface area contributed by atoms with Gasteiger partial charge < -0.3 is 9.64 Å². The molecule has 0 saturated carbocycles. The Morgan fingerprint density at radius 1 is 1.40 bits per heavy atom. The van der Waals surface area contributed by atoms with E-state index in [4.69, 9.17) is 4.74 Å². The van der Waals surface area contributed by atoms with Crippen LogP contribution in [-0.2, 0) is 20.9 Å². The molecule has 0 radical (unpaired) electrons. The van der Waals surface area contributed by atoms with E-state index in [9.17, 15) is 9.59 Å². The van der Waals surface area contributed by atoms with Gasteiger partial charge in [-0.2, -0.15) is 0 Å². The second-order valence-electron chi connectivity index (χ2n) is 7.17. The smallest absolute Gasteiger partial charge is 0.314 e. The first-order chi connectivity index (χ1) is 12.0. The average molecular weight is 345 g/mol. The molecule has 1 aromatic rings. The molecule has 25 heavy (non-hydrogen) atoms. The van der Waals surface area contributed by atoms with Crippen molar-refractivity contribution in [1.29, 1.82) is 0 Å². The molecule has 2 fully saturated rings. The van der Waals surface area contributed by atoms with Crippen LogP contribution < -0.4 is 0 Å². The maximum atomic E-state index is 12.8. The molecular formula is C19H27N3O3. The van der Waals surface area contributed by atoms with Crippen LogP contribution in [0.2, 0.25) is 0 Å². The van der Waals surface area contributed by atoms with Gasteiger partial charge >= 0.3 is 5.97 Å². The number of pyridine rings is 1. The van der Waals surface area contributed by atoms with Gasteiger partial charge in [-0.25, -0.2) is 0 Å². The van der Waals surface area contributed by atoms with E-state index in [-0.39, 0.29) is 17.8 Å². The number of carbonyl (C=O) groups is 2. The van der Waals surface area contributed by atoms with Crippen LogP contribution in [0.4, 0.5) is 0 Å². The first-order valence-electron chi connectivity index (χ1n) is 9.09. The summed E-state index contributed by atoms with van der Waals surface area (Å²) < 4.78 is 5.42. The van der Waals surface area contributed by atoms with E-state index in [0.717, 1.165) is 32.5 Å². The number of carbonyl (C=O) groups excluding carboxylic acids is 2. The largest absolute Gasteiger partial charge is 0.466 e. The number of amides is 1. The van der Waals surface area contributed by atoms with Crippen LogP contribution in [0.5, 0.6) is 0 Å². The Bertz CT molecular complexity index is 622. The summed E-state index contributed by atoms with van der Waals surface area (Å²) >= 11 is 0. The minimum absolute atomic E-state index is 0.0376. The van der Waals surface area contributed by atoms with Crippen LogP contribution in [0, 0.1) is 11.3 Å². The second-order valence-corrected chi connectivity index (χ2v) is 7.17. The minimum Gasteiger partial charge on any atom is -0.466 e. The Kier molecular flexibility index (Phi) is 5.37. The monoisotopic (exact) mass is 345 g/mol. The Labute approximate surface area is 149 Å². The summed E-state index contributed by atoms with van der Waals surface area (Å²) in [6.07, 6.45) is 5.38. The highest BCUT2D eigenvalue weighted by atomic mass is 16.5. The second kappa shape index (κ2) is 7.52. The SMILES string of the molecule is CCOC(=O)[C@@]12CCCN(Cc3cccnc3)C[C@@H]1CN(C(C)=O)C2. The lowest BCUT2D eigenvalue weighted by molar-refractivity contribution is -0.157. The Balaban J connectivity index is 1.80. The summed E-state index contributed by atoms with van der Waals surface area (Å²) in [5.74, 6) is 0.0251. The van der Waals surface area contributed by atoms with E-state index >= 15 is 0 Å². The zero-order chi connectivity index (χ0) is 17.9. The van der Waals surface area contributed by atoms with Crippen molar-refractivity contribution in [3.05, 3.63) is 30.1 Å². The summed E-state index contributed by atoms with van der Waals surface area (Å²) in [5.41, 5.74) is 0.623. The van der Waals surface area contributed by atoms with Crippen molar-refractivity contribution in [2.45, 2.75) is 33.2 Å². The molecule has 0 spiro atoms. The van der Waals surface area contributed by atoms with Crippen LogP contribution in [0.25, 0.3) is 0 Å². The lowest BCUT2D eigenvalue weighted by Gasteiger charge is -2.31. The van der Waals surface area contributed by atoms with Crippen molar-refractivity contribution >= 4 is 11.9 Å². The third-order valence-corrected chi connectivity index (χ3v) is 5.53. The number of hydrogen-bond acceptors (Lipinski definition) is 5. The molecule has 0 bridgehead atoms. The van der Waals surface area contributed by atoms with Crippen LogP contribution in [0.15, 0.2) is 24.5 Å². The number of fused-ring (bicyclic) bond motifs is 1. The van der Waals surface area contributed by atoms with Crippen molar-refractivity contribution in [2.75, 3.05) is 32.8 Å². The molecule has 2 aliphatic heterocycles. The molecule has 0 unspecified atom stereocenters. The van der Waals surface area contributed by atoms with E-state index in [2.05, 4.69) is 16.0 Å². The highest BCUT2D eigenvalue weighted by molar-refractivity contribution is 5.81. The first-order valence-corrected chi connectivity index (χ1v) is 9.09. The zero-order valence-electron chi connectivity index (χ0n) is 15.1. The topological polar surface area (TPSA) is 62.7 Å². The summed E-state index contributed by atoms with van der Waals surface area (Å²) in [6.45, 7) is 7.51. The number of esters is 1. The number of rotatable bonds is 4. The van der Waals surface area contributed by atoms with Gasteiger partial charge in [-0.3, -0.25) is 19.5 Å². The number of likely N-dealkylation sites (tertiary alicyclic amines) is 2. The third kappa shape index (κ3) is 3.68. The molecule has 2 atom stereocenters. The lowest BCUT2D eigenvalue weighted by Crippen LogP contribution is -2.42. The molecular weight excluding hydrogens is 318 g/mol. The summed E-state index contributed by atoms with van der Waals surface area (Å²) in [7, 11) is 0. The molecule has 2 aliphatic rings. The van der Waals surface area contributed by atoms with E-state index in [0.29, 0.717) is 19.7 Å². The van der Waals surface area contributed by atoms with Gasteiger partial charge in [-0.1, -0.05) is 6.07 Å². The molecule has 2 saturated heterocycles. The number of hydrogen-bond donors (Lipinski definition) is 0. The average Bonchev–Trinajstić information content (AvgIpc) is 2.87. The summed E-state index contributed by atoms with van der Waals surface area (Å²) in [6, 6.07) is 4.02. The molecule has 1 amide bonds. The van der Waals surface area contributed by atoms with Crippen molar-refractivity contribution < 1.29 is 14.3 Å². The van der Waals surface area contributed by atoms with Crippen LogP contribution in [0.1, 0.15) is 32.3 Å². The van der Waals surface area contributed by atoms with E-state index in [1.807, 2.05) is 24.1 Å². The van der Waals surface area contributed by atoms with Crippen LogP contribution in [0.3, 0.4) is 0 Å².